The molecule has 1 heteroatoms. The summed E-state index contributed by atoms with van der Waals surface area (Å²) in [5.74, 6) is 4.37. The van der Waals surface area contributed by atoms with Gasteiger partial charge >= 0.3 is 0 Å². The average Bonchev–Trinajstić information content (AvgIpc) is 2.83. The molecule has 21 heavy (non-hydrogen) atoms. The Labute approximate surface area is 129 Å². The maximum Gasteiger partial charge on any atom is 0.0723 e. The first-order valence-corrected chi connectivity index (χ1v) is 9.14. The van der Waals surface area contributed by atoms with Gasteiger partial charge in [0.25, 0.3) is 0 Å². The summed E-state index contributed by atoms with van der Waals surface area (Å²) in [4.78, 5) is 0. The third-order valence-electron chi connectivity index (χ3n) is 7.79. The van der Waals surface area contributed by atoms with E-state index in [0.29, 0.717) is 5.41 Å². The fourth-order valence-electron chi connectivity index (χ4n) is 6.74. The highest BCUT2D eigenvalue weighted by Crippen LogP contribution is 2.63. The fourth-order valence-corrected chi connectivity index (χ4v) is 6.74. The normalized spacial score (nSPS) is 52.4. The number of hydrogen-bond acceptors (Lipinski definition) is 1. The predicted molar refractivity (Wildman–Crippen MR) is 86.8 cm³/mol. The first-order chi connectivity index (χ1) is 10.1. The molecule has 0 aromatic rings. The van der Waals surface area contributed by atoms with E-state index >= 15 is 0 Å². The Morgan fingerprint density at radius 1 is 1.14 bits per heavy atom. The van der Waals surface area contributed by atoms with Gasteiger partial charge in [0.2, 0.25) is 0 Å². The monoisotopic (exact) mass is 286 g/mol. The third-order valence-corrected chi connectivity index (χ3v) is 7.79. The van der Waals surface area contributed by atoms with Crippen molar-refractivity contribution in [2.75, 3.05) is 0 Å². The van der Waals surface area contributed by atoms with Gasteiger partial charge in [-0.15, -0.1) is 6.58 Å². The zero-order chi connectivity index (χ0) is 14.6. The second kappa shape index (κ2) is 4.98. The Morgan fingerprint density at radius 2 is 2.00 bits per heavy atom. The lowest BCUT2D eigenvalue weighted by Crippen LogP contribution is -2.46. The molecule has 116 valence electrons. The first-order valence-electron chi connectivity index (χ1n) is 9.14. The molecule has 7 atom stereocenters. The van der Waals surface area contributed by atoms with E-state index in [9.17, 15) is 5.11 Å². The van der Waals surface area contributed by atoms with E-state index in [2.05, 4.69) is 25.7 Å². The zero-order valence-electron chi connectivity index (χ0n) is 13.4. The summed E-state index contributed by atoms with van der Waals surface area (Å²) in [5, 5.41) is 9.91. The fraction of sp³-hybridized carbons (Fsp3) is 0.800. The van der Waals surface area contributed by atoms with Crippen LogP contribution in [0, 0.1) is 35.0 Å². The summed E-state index contributed by atoms with van der Waals surface area (Å²) >= 11 is 0. The Kier molecular flexibility index (Phi) is 3.33. The molecule has 0 bridgehead atoms. The third kappa shape index (κ3) is 2.00. The predicted octanol–water partition coefficient (Wildman–Crippen LogP) is 4.72. The van der Waals surface area contributed by atoms with Crippen LogP contribution in [0.4, 0.5) is 0 Å². The summed E-state index contributed by atoms with van der Waals surface area (Å²) in [5.41, 5.74) is 2.15. The summed E-state index contributed by atoms with van der Waals surface area (Å²) < 4.78 is 0. The van der Waals surface area contributed by atoms with Gasteiger partial charge in [0, 0.05) is 0 Å². The van der Waals surface area contributed by atoms with Crippen molar-refractivity contribution in [3.05, 3.63) is 24.3 Å². The van der Waals surface area contributed by atoms with E-state index < -0.39 is 0 Å². The molecule has 0 amide bonds. The number of hydrogen-bond donors (Lipinski definition) is 1. The van der Waals surface area contributed by atoms with Gasteiger partial charge in [-0.3, -0.25) is 0 Å². The van der Waals surface area contributed by atoms with Gasteiger partial charge in [0.05, 0.1) is 6.10 Å². The first kappa shape index (κ1) is 14.1. The number of fused-ring (bicyclic) bond motifs is 5. The Morgan fingerprint density at radius 3 is 2.81 bits per heavy atom. The molecule has 4 aliphatic carbocycles. The highest BCUT2D eigenvalue weighted by molar-refractivity contribution is 5.20. The molecule has 0 aliphatic heterocycles. The van der Waals surface area contributed by atoms with Gasteiger partial charge in [-0.25, -0.2) is 0 Å². The largest absolute Gasteiger partial charge is 0.389 e. The highest BCUT2D eigenvalue weighted by Gasteiger charge is 2.55. The minimum atomic E-state index is -0.154. The lowest BCUT2D eigenvalue weighted by atomic mass is 9.51. The lowest BCUT2D eigenvalue weighted by Gasteiger charge is -2.54. The van der Waals surface area contributed by atoms with Crippen LogP contribution < -0.4 is 0 Å². The van der Waals surface area contributed by atoms with Crippen LogP contribution in [0.5, 0.6) is 0 Å². The van der Waals surface area contributed by atoms with Crippen LogP contribution in [-0.4, -0.2) is 11.2 Å². The van der Waals surface area contributed by atoms with Crippen molar-refractivity contribution in [3.8, 4) is 0 Å². The van der Waals surface area contributed by atoms with E-state index in [4.69, 9.17) is 0 Å². The molecule has 0 heterocycles. The molecular weight excluding hydrogens is 256 g/mol. The van der Waals surface area contributed by atoms with Crippen molar-refractivity contribution in [3.63, 3.8) is 0 Å². The van der Waals surface area contributed by atoms with Crippen molar-refractivity contribution >= 4 is 0 Å². The quantitative estimate of drug-likeness (QED) is 0.691. The number of allylic oxidation sites excluding steroid dienone is 2. The van der Waals surface area contributed by atoms with Crippen LogP contribution in [0.15, 0.2) is 24.3 Å². The van der Waals surface area contributed by atoms with Crippen molar-refractivity contribution in [1.82, 2.24) is 0 Å². The van der Waals surface area contributed by atoms with Crippen LogP contribution in [0.1, 0.15) is 58.3 Å². The Bertz CT molecular complexity index is 464. The molecule has 0 spiro atoms. The van der Waals surface area contributed by atoms with Crippen LogP contribution >= 0.6 is 0 Å². The van der Waals surface area contributed by atoms with Crippen LogP contribution in [-0.2, 0) is 0 Å². The highest BCUT2D eigenvalue weighted by atomic mass is 16.3. The molecule has 3 saturated carbocycles. The molecule has 1 N–H and O–H groups in total. The molecule has 1 nitrogen and oxygen atoms in total. The molecule has 0 saturated heterocycles. The van der Waals surface area contributed by atoms with E-state index in [1.807, 2.05) is 0 Å². The second-order valence-electron chi connectivity index (χ2n) is 8.43. The van der Waals surface area contributed by atoms with E-state index in [-0.39, 0.29) is 6.10 Å². The number of rotatable bonds is 1. The summed E-state index contributed by atoms with van der Waals surface area (Å²) in [6, 6.07) is 0. The molecule has 3 fully saturated rings. The van der Waals surface area contributed by atoms with Gasteiger partial charge in [-0.1, -0.05) is 24.6 Å². The molecule has 0 aromatic carbocycles. The number of aliphatic hydroxyl groups excluding tert-OH is 1. The topological polar surface area (TPSA) is 20.2 Å². The van der Waals surface area contributed by atoms with E-state index in [1.54, 1.807) is 5.57 Å². The maximum absolute atomic E-state index is 9.91. The molecule has 0 aromatic heterocycles. The van der Waals surface area contributed by atoms with Crippen LogP contribution in [0.25, 0.3) is 0 Å². The summed E-state index contributed by atoms with van der Waals surface area (Å²) in [6.45, 7) is 6.68. The second-order valence-corrected chi connectivity index (χ2v) is 8.43. The molecule has 4 rings (SSSR count). The van der Waals surface area contributed by atoms with Crippen molar-refractivity contribution in [2.24, 2.45) is 35.0 Å². The van der Waals surface area contributed by atoms with Gasteiger partial charge in [0.15, 0.2) is 0 Å². The maximum atomic E-state index is 9.91. The van der Waals surface area contributed by atoms with Gasteiger partial charge in [-0.2, -0.15) is 0 Å². The van der Waals surface area contributed by atoms with E-state index in [1.165, 1.54) is 44.9 Å². The van der Waals surface area contributed by atoms with Gasteiger partial charge in [0.1, 0.15) is 0 Å². The van der Waals surface area contributed by atoms with Crippen molar-refractivity contribution in [1.29, 1.82) is 0 Å². The van der Waals surface area contributed by atoms with Crippen LogP contribution in [0.3, 0.4) is 0 Å². The molecule has 4 aliphatic rings. The minimum absolute atomic E-state index is 0.154. The smallest absolute Gasteiger partial charge is 0.0723 e. The van der Waals surface area contributed by atoms with Crippen molar-refractivity contribution in [2.45, 2.75) is 64.4 Å². The summed E-state index contributed by atoms with van der Waals surface area (Å²) in [6.07, 6.45) is 14.8. The SMILES string of the molecule is C=C[C@H]1CCC2C3CCC4=C[C@@H](O)CCC4C3CCC21C. The van der Waals surface area contributed by atoms with Gasteiger partial charge in [-0.05, 0) is 86.4 Å². The van der Waals surface area contributed by atoms with Gasteiger partial charge < -0.3 is 5.11 Å². The molecule has 0 radical (unpaired) electrons. The number of aliphatic hydroxyl groups is 1. The van der Waals surface area contributed by atoms with Crippen LogP contribution in [0.2, 0.25) is 0 Å². The molecule has 5 unspecified atom stereocenters. The lowest BCUT2D eigenvalue weighted by molar-refractivity contribution is -0.0167. The Hall–Kier alpha value is -0.560. The standard InChI is InChI=1S/C20H30O/c1-3-14-5-9-19-18-7-4-13-12-15(21)6-8-16(13)17(18)10-11-20(14,19)2/h3,12,14-19,21H,1,4-11H2,2H3/t14-,15-,16?,17?,18?,19?,20?/m0/s1. The average molecular weight is 286 g/mol. The minimum Gasteiger partial charge on any atom is -0.389 e. The molecular formula is C20H30O. The van der Waals surface area contributed by atoms with E-state index in [0.717, 1.165) is 36.0 Å². The summed E-state index contributed by atoms with van der Waals surface area (Å²) in [7, 11) is 0. The van der Waals surface area contributed by atoms with Crippen molar-refractivity contribution < 1.29 is 5.11 Å². The zero-order valence-corrected chi connectivity index (χ0v) is 13.4. The Balaban J connectivity index is 1.61.